The van der Waals surface area contributed by atoms with Gasteiger partial charge in [0.15, 0.2) is 5.13 Å². The van der Waals surface area contributed by atoms with Crippen molar-refractivity contribution >= 4 is 26.7 Å². The summed E-state index contributed by atoms with van der Waals surface area (Å²) in [7, 11) is 0. The van der Waals surface area contributed by atoms with Gasteiger partial charge in [-0.25, -0.2) is 4.98 Å². The smallest absolute Gasteiger partial charge is 0.184 e. The van der Waals surface area contributed by atoms with Gasteiger partial charge in [0.05, 0.1) is 22.4 Å². The van der Waals surface area contributed by atoms with Crippen LogP contribution in [-0.4, -0.2) is 22.2 Å². The van der Waals surface area contributed by atoms with Gasteiger partial charge in [-0.2, -0.15) is 0 Å². The van der Waals surface area contributed by atoms with Crippen molar-refractivity contribution in [2.75, 3.05) is 11.9 Å². The summed E-state index contributed by atoms with van der Waals surface area (Å²) >= 11 is 1.66. The van der Waals surface area contributed by atoms with E-state index in [0.29, 0.717) is 0 Å². The highest BCUT2D eigenvalue weighted by molar-refractivity contribution is 7.22. The second-order valence-corrected chi connectivity index (χ2v) is 5.79. The highest BCUT2D eigenvalue weighted by Crippen LogP contribution is 2.35. The molecule has 1 heterocycles. The number of fused-ring (bicyclic) bond motifs is 1. The van der Waals surface area contributed by atoms with Crippen LogP contribution in [0.1, 0.15) is 25.7 Å². The Morgan fingerprint density at radius 1 is 1.29 bits per heavy atom. The molecule has 1 saturated carbocycles. The molecule has 1 aromatic carbocycles. The number of aliphatic hydroxyl groups is 1. The number of hydrogen-bond donors (Lipinski definition) is 2. The SMILES string of the molecule is OCC1(Nc2nc3ccccc3s2)CCCC1. The van der Waals surface area contributed by atoms with Gasteiger partial charge >= 0.3 is 0 Å². The molecule has 0 bridgehead atoms. The van der Waals surface area contributed by atoms with Crippen molar-refractivity contribution in [2.24, 2.45) is 0 Å². The van der Waals surface area contributed by atoms with Crippen LogP contribution in [0.25, 0.3) is 10.2 Å². The van der Waals surface area contributed by atoms with Gasteiger partial charge in [-0.3, -0.25) is 0 Å². The fourth-order valence-corrected chi connectivity index (χ4v) is 3.51. The van der Waals surface area contributed by atoms with E-state index in [1.165, 1.54) is 17.5 Å². The number of hydrogen-bond acceptors (Lipinski definition) is 4. The van der Waals surface area contributed by atoms with Crippen LogP contribution < -0.4 is 5.32 Å². The molecule has 1 fully saturated rings. The predicted molar refractivity (Wildman–Crippen MR) is 71.5 cm³/mol. The Morgan fingerprint density at radius 2 is 2.06 bits per heavy atom. The van der Waals surface area contributed by atoms with Crippen LogP contribution in [0.4, 0.5) is 5.13 Å². The highest BCUT2D eigenvalue weighted by Gasteiger charge is 2.33. The normalized spacial score (nSPS) is 18.6. The molecule has 90 valence electrons. The van der Waals surface area contributed by atoms with Crippen molar-refractivity contribution < 1.29 is 5.11 Å². The third-order valence-electron chi connectivity index (χ3n) is 3.53. The molecule has 3 nitrogen and oxygen atoms in total. The van der Waals surface area contributed by atoms with Crippen molar-refractivity contribution in [3.63, 3.8) is 0 Å². The molecule has 2 aromatic rings. The number of nitrogens with one attached hydrogen (secondary N) is 1. The van der Waals surface area contributed by atoms with Gasteiger partial charge in [-0.1, -0.05) is 36.3 Å². The molecule has 1 aliphatic carbocycles. The van der Waals surface area contributed by atoms with Crippen LogP contribution in [0.5, 0.6) is 0 Å². The second-order valence-electron chi connectivity index (χ2n) is 4.76. The van der Waals surface area contributed by atoms with E-state index >= 15 is 0 Å². The molecule has 17 heavy (non-hydrogen) atoms. The Labute approximate surface area is 105 Å². The quantitative estimate of drug-likeness (QED) is 0.877. The summed E-state index contributed by atoms with van der Waals surface area (Å²) in [5.41, 5.74) is 0.902. The molecule has 4 heteroatoms. The molecule has 0 spiro atoms. The van der Waals surface area contributed by atoms with Crippen LogP contribution in [0.15, 0.2) is 24.3 Å². The topological polar surface area (TPSA) is 45.1 Å². The number of aromatic nitrogens is 1. The van der Waals surface area contributed by atoms with Crippen molar-refractivity contribution in [2.45, 2.75) is 31.2 Å². The summed E-state index contributed by atoms with van der Waals surface area (Å²) in [5, 5.41) is 14.0. The van der Waals surface area contributed by atoms with Crippen molar-refractivity contribution in [3.8, 4) is 0 Å². The summed E-state index contributed by atoms with van der Waals surface area (Å²) in [6, 6.07) is 8.14. The molecule has 0 aliphatic heterocycles. The lowest BCUT2D eigenvalue weighted by atomic mass is 10.00. The van der Waals surface area contributed by atoms with Gasteiger partial charge in [0.25, 0.3) is 0 Å². The molecule has 1 aromatic heterocycles. The Balaban J connectivity index is 1.89. The Kier molecular flexibility index (Phi) is 2.76. The minimum Gasteiger partial charge on any atom is -0.394 e. The molecular weight excluding hydrogens is 232 g/mol. The van der Waals surface area contributed by atoms with E-state index in [1.54, 1.807) is 11.3 Å². The van der Waals surface area contributed by atoms with Gasteiger partial charge in [0, 0.05) is 0 Å². The van der Waals surface area contributed by atoms with Crippen molar-refractivity contribution in [1.29, 1.82) is 0 Å². The number of thiazole rings is 1. The van der Waals surface area contributed by atoms with Crippen molar-refractivity contribution in [3.05, 3.63) is 24.3 Å². The third kappa shape index (κ3) is 2.03. The Morgan fingerprint density at radius 3 is 2.76 bits per heavy atom. The summed E-state index contributed by atoms with van der Waals surface area (Å²) in [5.74, 6) is 0. The molecule has 0 atom stereocenters. The Bertz CT molecular complexity index is 484. The number of benzene rings is 1. The molecule has 0 amide bonds. The maximum Gasteiger partial charge on any atom is 0.184 e. The molecule has 3 rings (SSSR count). The molecule has 0 unspecified atom stereocenters. The highest BCUT2D eigenvalue weighted by atomic mass is 32.1. The van der Waals surface area contributed by atoms with Gasteiger partial charge in [-0.05, 0) is 25.0 Å². The number of anilines is 1. The average Bonchev–Trinajstić information content (AvgIpc) is 2.95. The first-order valence-corrected chi connectivity index (χ1v) is 6.88. The summed E-state index contributed by atoms with van der Waals surface area (Å²) in [4.78, 5) is 4.57. The third-order valence-corrected chi connectivity index (χ3v) is 4.48. The second kappa shape index (κ2) is 4.27. The molecule has 0 saturated heterocycles. The van der Waals surface area contributed by atoms with Crippen LogP contribution >= 0.6 is 11.3 Å². The fourth-order valence-electron chi connectivity index (χ4n) is 2.53. The number of para-hydroxylation sites is 1. The monoisotopic (exact) mass is 248 g/mol. The van der Waals surface area contributed by atoms with E-state index in [0.717, 1.165) is 23.5 Å². The van der Waals surface area contributed by atoms with Gasteiger partial charge in [0.1, 0.15) is 0 Å². The zero-order chi connectivity index (χ0) is 11.7. The standard InChI is InChI=1S/C13H16N2OS/c16-9-13(7-3-4-8-13)15-12-14-10-5-1-2-6-11(10)17-12/h1-2,5-6,16H,3-4,7-9H2,(H,14,15). The lowest BCUT2D eigenvalue weighted by Crippen LogP contribution is -2.38. The minimum absolute atomic E-state index is 0.131. The van der Waals surface area contributed by atoms with Crippen molar-refractivity contribution in [1.82, 2.24) is 4.98 Å². The lowest BCUT2D eigenvalue weighted by Gasteiger charge is -2.27. The average molecular weight is 248 g/mol. The van der Waals surface area contributed by atoms with E-state index in [1.807, 2.05) is 18.2 Å². The fraction of sp³-hybridized carbons (Fsp3) is 0.462. The van der Waals surface area contributed by atoms with E-state index < -0.39 is 0 Å². The van der Waals surface area contributed by atoms with Crippen LogP contribution in [0.2, 0.25) is 0 Å². The van der Waals surface area contributed by atoms with E-state index in [-0.39, 0.29) is 12.1 Å². The van der Waals surface area contributed by atoms with Crippen LogP contribution in [0, 0.1) is 0 Å². The van der Waals surface area contributed by atoms with Gasteiger partial charge in [0.2, 0.25) is 0 Å². The molecule has 2 N–H and O–H groups in total. The number of aliphatic hydroxyl groups excluding tert-OH is 1. The first-order chi connectivity index (χ1) is 8.31. The maximum atomic E-state index is 9.57. The number of nitrogens with zero attached hydrogens (tertiary/aromatic N) is 1. The van der Waals surface area contributed by atoms with E-state index in [9.17, 15) is 5.11 Å². The Hall–Kier alpha value is -1.13. The van der Waals surface area contributed by atoms with Gasteiger partial charge in [-0.15, -0.1) is 0 Å². The predicted octanol–water partition coefficient (Wildman–Crippen LogP) is 3.01. The largest absolute Gasteiger partial charge is 0.394 e. The van der Waals surface area contributed by atoms with Crippen LogP contribution in [-0.2, 0) is 0 Å². The summed E-state index contributed by atoms with van der Waals surface area (Å²) < 4.78 is 1.20. The first-order valence-electron chi connectivity index (χ1n) is 6.06. The zero-order valence-corrected chi connectivity index (χ0v) is 10.5. The number of rotatable bonds is 3. The zero-order valence-electron chi connectivity index (χ0n) is 9.65. The lowest BCUT2D eigenvalue weighted by molar-refractivity contribution is 0.214. The molecule has 0 radical (unpaired) electrons. The van der Waals surface area contributed by atoms with E-state index in [4.69, 9.17) is 0 Å². The molecular formula is C13H16N2OS. The first kappa shape index (κ1) is 11.0. The maximum absolute atomic E-state index is 9.57. The van der Waals surface area contributed by atoms with Crippen LogP contribution in [0.3, 0.4) is 0 Å². The summed E-state index contributed by atoms with van der Waals surface area (Å²) in [6.45, 7) is 0.197. The van der Waals surface area contributed by atoms with Gasteiger partial charge < -0.3 is 10.4 Å². The summed E-state index contributed by atoms with van der Waals surface area (Å²) in [6.07, 6.45) is 4.47. The molecule has 1 aliphatic rings. The van der Waals surface area contributed by atoms with E-state index in [2.05, 4.69) is 16.4 Å². The minimum atomic E-state index is -0.131.